The average molecular weight is 613 g/mol. The lowest BCUT2D eigenvalue weighted by molar-refractivity contribution is -0.141. The van der Waals surface area contributed by atoms with Gasteiger partial charge in [-0.1, -0.05) is 62.5 Å². The number of nitrogens with one attached hydrogen (secondary N) is 2. The molecule has 2 aromatic rings. The molecule has 9 heteroatoms. The van der Waals surface area contributed by atoms with Crippen molar-refractivity contribution in [2.45, 2.75) is 81.6 Å². The topological polar surface area (TPSA) is 100 Å². The number of carbonyl (C=O) groups excluding carboxylic acids is 3. The molecule has 1 spiro atoms. The fourth-order valence-electron chi connectivity index (χ4n) is 8.10. The van der Waals surface area contributed by atoms with Crippen LogP contribution >= 0.6 is 0 Å². The number of amides is 3. The highest BCUT2D eigenvalue weighted by molar-refractivity contribution is 6.02. The molecule has 3 saturated heterocycles. The standard InChI is InChI=1S/C36H44N4O5/c41-33(37-26-15-17-28(18-16-26)44-27-13-7-4-8-14-27)30-29-19-20-36(45-29)31(30)35(43)40(24-23-39-21-9-1-2-10-22-39)32(36)34(42)38-25-11-5-3-6-12-25/h4,7-8,13-20,25,29-32H,1-3,5-6,9-12,21-24H2,(H,37,41)(H,38,42)/t29-,30-,31-,32-,36-/m1/s1. The molecule has 45 heavy (non-hydrogen) atoms. The molecular weight excluding hydrogens is 568 g/mol. The van der Waals surface area contributed by atoms with Gasteiger partial charge in [-0.15, -0.1) is 0 Å². The van der Waals surface area contributed by atoms with Gasteiger partial charge < -0.3 is 29.9 Å². The van der Waals surface area contributed by atoms with E-state index in [1.165, 1.54) is 19.3 Å². The van der Waals surface area contributed by atoms with Gasteiger partial charge in [0.2, 0.25) is 17.7 Å². The van der Waals surface area contributed by atoms with E-state index in [1.807, 2.05) is 42.5 Å². The maximum atomic E-state index is 14.3. The lowest BCUT2D eigenvalue weighted by atomic mass is 9.74. The summed E-state index contributed by atoms with van der Waals surface area (Å²) >= 11 is 0. The molecule has 9 nitrogen and oxygen atoms in total. The SMILES string of the molecule is O=C(Nc1ccc(Oc2ccccc2)cc1)[C@@H]1[C@H]2C=C[C@@]3(O2)[C@H]1C(=O)N(CCN1CCCCCC1)[C@@H]3C(=O)NC1CCCCC1. The molecule has 238 valence electrons. The van der Waals surface area contributed by atoms with Crippen LogP contribution in [0.15, 0.2) is 66.7 Å². The highest BCUT2D eigenvalue weighted by Crippen LogP contribution is 2.55. The van der Waals surface area contributed by atoms with Crippen LogP contribution in [0.2, 0.25) is 0 Å². The number of likely N-dealkylation sites (tertiary alicyclic amines) is 2. The Morgan fingerprint density at radius 1 is 0.844 bits per heavy atom. The Hall–Kier alpha value is -3.69. The highest BCUT2D eigenvalue weighted by atomic mass is 16.5. The van der Waals surface area contributed by atoms with Crippen molar-refractivity contribution < 1.29 is 23.9 Å². The Kier molecular flexibility index (Phi) is 8.64. The van der Waals surface area contributed by atoms with E-state index in [0.29, 0.717) is 24.5 Å². The van der Waals surface area contributed by atoms with Crippen LogP contribution in [0.5, 0.6) is 11.5 Å². The van der Waals surface area contributed by atoms with Crippen LogP contribution in [-0.2, 0) is 19.1 Å². The summed E-state index contributed by atoms with van der Waals surface area (Å²) in [5, 5.41) is 6.30. The number of para-hydroxylation sites is 1. The molecule has 4 aliphatic heterocycles. The van der Waals surface area contributed by atoms with Crippen molar-refractivity contribution in [3.8, 4) is 11.5 Å². The fourth-order valence-corrected chi connectivity index (χ4v) is 8.10. The van der Waals surface area contributed by atoms with E-state index >= 15 is 0 Å². The maximum Gasteiger partial charge on any atom is 0.246 e. The molecule has 2 N–H and O–H groups in total. The number of rotatable bonds is 9. The molecule has 0 radical (unpaired) electrons. The van der Waals surface area contributed by atoms with Crippen molar-refractivity contribution >= 4 is 23.4 Å². The Balaban J connectivity index is 1.09. The van der Waals surface area contributed by atoms with Gasteiger partial charge in [-0.3, -0.25) is 14.4 Å². The van der Waals surface area contributed by atoms with Gasteiger partial charge >= 0.3 is 0 Å². The van der Waals surface area contributed by atoms with Crippen molar-refractivity contribution in [1.82, 2.24) is 15.1 Å². The zero-order valence-corrected chi connectivity index (χ0v) is 25.9. The van der Waals surface area contributed by atoms with Gasteiger partial charge in [0.1, 0.15) is 23.1 Å². The van der Waals surface area contributed by atoms with E-state index in [0.717, 1.165) is 57.4 Å². The van der Waals surface area contributed by atoms with Crippen LogP contribution in [0.25, 0.3) is 0 Å². The highest BCUT2D eigenvalue weighted by Gasteiger charge is 2.72. The first-order valence-corrected chi connectivity index (χ1v) is 16.9. The van der Waals surface area contributed by atoms with Gasteiger partial charge in [0, 0.05) is 24.8 Å². The third-order valence-electron chi connectivity index (χ3n) is 10.3. The average Bonchev–Trinajstić information content (AvgIpc) is 3.60. The van der Waals surface area contributed by atoms with Crippen LogP contribution in [0.4, 0.5) is 5.69 Å². The Morgan fingerprint density at radius 2 is 1.53 bits per heavy atom. The van der Waals surface area contributed by atoms with Crippen LogP contribution in [-0.4, -0.2) is 77.5 Å². The first-order chi connectivity index (χ1) is 22.0. The quantitative estimate of drug-likeness (QED) is 0.391. The minimum atomic E-state index is -1.14. The van der Waals surface area contributed by atoms with Crippen LogP contribution in [0.1, 0.15) is 57.8 Å². The van der Waals surface area contributed by atoms with Crippen molar-refractivity contribution in [1.29, 1.82) is 0 Å². The predicted octanol–water partition coefficient (Wildman–Crippen LogP) is 4.89. The summed E-state index contributed by atoms with van der Waals surface area (Å²) < 4.78 is 12.4. The van der Waals surface area contributed by atoms with E-state index in [9.17, 15) is 14.4 Å². The lowest BCUT2D eigenvalue weighted by Gasteiger charge is -2.35. The Bertz CT molecular complexity index is 1400. The fraction of sp³-hybridized carbons (Fsp3) is 0.528. The second-order valence-corrected chi connectivity index (χ2v) is 13.3. The van der Waals surface area contributed by atoms with Crippen LogP contribution < -0.4 is 15.4 Å². The molecular formula is C36H44N4O5. The molecule has 5 aliphatic rings. The van der Waals surface area contributed by atoms with E-state index < -0.39 is 29.6 Å². The summed E-state index contributed by atoms with van der Waals surface area (Å²) in [6.45, 7) is 3.17. The number of nitrogens with zero attached hydrogens (tertiary/aromatic N) is 2. The van der Waals surface area contributed by atoms with Crippen LogP contribution in [0, 0.1) is 11.8 Å². The number of anilines is 1. The van der Waals surface area contributed by atoms with Gasteiger partial charge in [-0.25, -0.2) is 0 Å². The number of hydrogen-bond acceptors (Lipinski definition) is 6. The molecule has 0 unspecified atom stereocenters. The molecule has 1 aliphatic carbocycles. The van der Waals surface area contributed by atoms with Crippen molar-refractivity contribution in [3.05, 3.63) is 66.7 Å². The normalized spacial score (nSPS) is 29.8. The Morgan fingerprint density at radius 3 is 2.27 bits per heavy atom. The minimum Gasteiger partial charge on any atom is -0.457 e. The third-order valence-corrected chi connectivity index (χ3v) is 10.3. The lowest BCUT2D eigenvalue weighted by Crippen LogP contribution is -2.57. The van der Waals surface area contributed by atoms with Crippen molar-refractivity contribution in [3.63, 3.8) is 0 Å². The third kappa shape index (κ3) is 6.00. The zero-order chi connectivity index (χ0) is 30.8. The van der Waals surface area contributed by atoms with Crippen molar-refractivity contribution in [2.75, 3.05) is 31.5 Å². The summed E-state index contributed by atoms with van der Waals surface area (Å²) in [5.74, 6) is -0.687. The minimum absolute atomic E-state index is 0.111. The molecule has 0 aromatic heterocycles. The first-order valence-electron chi connectivity index (χ1n) is 16.9. The van der Waals surface area contributed by atoms with Gasteiger partial charge in [0.25, 0.3) is 0 Å². The second kappa shape index (κ2) is 13.0. The summed E-state index contributed by atoms with van der Waals surface area (Å²) in [4.78, 5) is 46.4. The molecule has 4 fully saturated rings. The molecule has 3 amide bonds. The smallest absolute Gasteiger partial charge is 0.246 e. The van der Waals surface area contributed by atoms with Crippen molar-refractivity contribution in [2.24, 2.45) is 11.8 Å². The Labute approximate surface area is 265 Å². The predicted molar refractivity (Wildman–Crippen MR) is 171 cm³/mol. The summed E-state index contributed by atoms with van der Waals surface area (Å²) in [6.07, 6.45) is 13.3. The van der Waals surface area contributed by atoms with E-state index in [4.69, 9.17) is 9.47 Å². The van der Waals surface area contributed by atoms with E-state index in [1.54, 1.807) is 29.2 Å². The molecule has 7 rings (SSSR count). The van der Waals surface area contributed by atoms with Gasteiger partial charge in [-0.2, -0.15) is 0 Å². The van der Waals surface area contributed by atoms with E-state index in [2.05, 4.69) is 15.5 Å². The number of hydrogen-bond donors (Lipinski definition) is 2. The van der Waals surface area contributed by atoms with E-state index in [-0.39, 0.29) is 23.8 Å². The van der Waals surface area contributed by atoms with Gasteiger partial charge in [0.05, 0.1) is 17.9 Å². The molecule has 5 atom stereocenters. The first kappa shape index (κ1) is 30.0. The van der Waals surface area contributed by atoms with Gasteiger partial charge in [0.15, 0.2) is 0 Å². The number of fused-ring (bicyclic) bond motifs is 1. The second-order valence-electron chi connectivity index (χ2n) is 13.3. The maximum absolute atomic E-state index is 14.3. The number of carbonyl (C=O) groups is 3. The molecule has 2 bridgehead atoms. The summed E-state index contributed by atoms with van der Waals surface area (Å²) in [5.41, 5.74) is -0.537. The van der Waals surface area contributed by atoms with Crippen LogP contribution in [0.3, 0.4) is 0 Å². The number of benzene rings is 2. The monoisotopic (exact) mass is 612 g/mol. The summed E-state index contributed by atoms with van der Waals surface area (Å²) in [7, 11) is 0. The molecule has 4 heterocycles. The number of ether oxygens (including phenoxy) is 2. The summed E-state index contributed by atoms with van der Waals surface area (Å²) in [6, 6.07) is 16.0. The zero-order valence-electron chi connectivity index (χ0n) is 25.9. The largest absolute Gasteiger partial charge is 0.457 e. The van der Waals surface area contributed by atoms with Gasteiger partial charge in [-0.05, 0) is 75.2 Å². The molecule has 1 saturated carbocycles. The molecule has 2 aromatic carbocycles.